The van der Waals surface area contributed by atoms with Crippen molar-refractivity contribution >= 4 is 29.4 Å². The Hall–Kier alpha value is -1.79. The molecule has 0 aromatic heterocycles. The Labute approximate surface area is 142 Å². The van der Waals surface area contributed by atoms with Crippen LogP contribution in [0.2, 0.25) is 5.02 Å². The van der Waals surface area contributed by atoms with Crippen LogP contribution < -0.4 is 10.6 Å². The molecule has 2 aromatic rings. The third kappa shape index (κ3) is 6.08. The van der Waals surface area contributed by atoms with Crippen LogP contribution in [0.5, 0.6) is 0 Å². The molecule has 0 aliphatic rings. The van der Waals surface area contributed by atoms with E-state index in [0.29, 0.717) is 17.3 Å². The van der Waals surface area contributed by atoms with Gasteiger partial charge in [-0.1, -0.05) is 11.6 Å². The number of carbonyl (C=O) groups excluding carboxylic acids is 1. The molecule has 0 aliphatic carbocycles. The van der Waals surface area contributed by atoms with E-state index in [-0.39, 0.29) is 12.1 Å². The quantitative estimate of drug-likeness (QED) is 0.601. The van der Waals surface area contributed by atoms with Crippen LogP contribution in [0.25, 0.3) is 0 Å². The van der Waals surface area contributed by atoms with Gasteiger partial charge in [-0.2, -0.15) is 0 Å². The molecule has 0 fully saturated rings. The Kier molecular flexibility index (Phi) is 6.67. The highest BCUT2D eigenvalue weighted by atomic mass is 35.5. The summed E-state index contributed by atoms with van der Waals surface area (Å²) in [6, 6.07) is 10.1. The highest BCUT2D eigenvalue weighted by Gasteiger charge is 2.06. The molecule has 2 N–H and O–H groups in total. The smallest absolute Gasteiger partial charge is 0.315 e. The zero-order valence-corrected chi connectivity index (χ0v) is 13.7. The van der Waals surface area contributed by atoms with Crippen molar-refractivity contribution in [1.82, 2.24) is 10.6 Å². The fourth-order valence-electron chi connectivity index (χ4n) is 1.78. The Bertz CT molecular complexity index is 668. The largest absolute Gasteiger partial charge is 0.337 e. The number of benzene rings is 2. The van der Waals surface area contributed by atoms with E-state index < -0.39 is 17.7 Å². The minimum atomic E-state index is -0.551. The molecule has 0 spiro atoms. The van der Waals surface area contributed by atoms with Gasteiger partial charge in [0, 0.05) is 34.3 Å². The summed E-state index contributed by atoms with van der Waals surface area (Å²) in [5.41, 5.74) is 0.107. The van der Waals surface area contributed by atoms with Gasteiger partial charge in [0.25, 0.3) is 0 Å². The first-order valence-corrected chi connectivity index (χ1v) is 8.25. The van der Waals surface area contributed by atoms with Crippen LogP contribution in [0.15, 0.2) is 47.4 Å². The monoisotopic (exact) mass is 356 g/mol. The molecule has 2 rings (SSSR count). The second kappa shape index (κ2) is 8.74. The summed E-state index contributed by atoms with van der Waals surface area (Å²) in [6.45, 7) is 0.379. The highest BCUT2D eigenvalue weighted by molar-refractivity contribution is 7.99. The topological polar surface area (TPSA) is 41.1 Å². The molecule has 7 heteroatoms. The van der Waals surface area contributed by atoms with Crippen molar-refractivity contribution in [2.45, 2.75) is 11.4 Å². The van der Waals surface area contributed by atoms with E-state index in [4.69, 9.17) is 11.6 Å². The van der Waals surface area contributed by atoms with Gasteiger partial charge in [0.05, 0.1) is 0 Å². The fourth-order valence-corrected chi connectivity index (χ4v) is 2.68. The molecule has 0 unspecified atom stereocenters. The third-order valence-corrected chi connectivity index (χ3v) is 4.18. The van der Waals surface area contributed by atoms with Crippen LogP contribution in [0.1, 0.15) is 5.56 Å². The van der Waals surface area contributed by atoms with Crippen molar-refractivity contribution in [3.63, 3.8) is 0 Å². The van der Waals surface area contributed by atoms with E-state index in [9.17, 15) is 13.6 Å². The van der Waals surface area contributed by atoms with Gasteiger partial charge in [-0.05, 0) is 42.5 Å². The van der Waals surface area contributed by atoms with Gasteiger partial charge < -0.3 is 10.6 Å². The summed E-state index contributed by atoms with van der Waals surface area (Å²) < 4.78 is 26.4. The molecule has 0 aliphatic heterocycles. The normalized spacial score (nSPS) is 10.4. The Morgan fingerprint density at radius 2 is 1.83 bits per heavy atom. The maximum atomic E-state index is 13.4. The summed E-state index contributed by atoms with van der Waals surface area (Å²) in [7, 11) is 0. The number of rotatable bonds is 6. The second-order valence-corrected chi connectivity index (χ2v) is 6.25. The van der Waals surface area contributed by atoms with Gasteiger partial charge in [0.15, 0.2) is 0 Å². The number of thioether (sulfide) groups is 1. The molecule has 23 heavy (non-hydrogen) atoms. The minimum absolute atomic E-state index is 0.0697. The van der Waals surface area contributed by atoms with Gasteiger partial charge in [-0.15, -0.1) is 11.8 Å². The number of hydrogen-bond donors (Lipinski definition) is 2. The SMILES string of the molecule is O=C(NCCSc1ccc(Cl)cc1)NCc1cc(F)ccc1F. The molecule has 0 saturated carbocycles. The number of amides is 2. The lowest BCUT2D eigenvalue weighted by Crippen LogP contribution is -2.36. The van der Waals surface area contributed by atoms with Crippen LogP contribution in [-0.4, -0.2) is 18.3 Å². The number of urea groups is 1. The average molecular weight is 357 g/mol. The van der Waals surface area contributed by atoms with Crippen LogP contribution in [0, 0.1) is 11.6 Å². The number of carbonyl (C=O) groups is 1. The molecule has 2 aromatic carbocycles. The van der Waals surface area contributed by atoms with Crippen molar-refractivity contribution in [2.24, 2.45) is 0 Å². The van der Waals surface area contributed by atoms with Crippen LogP contribution >= 0.6 is 23.4 Å². The first kappa shape index (κ1) is 17.6. The van der Waals surface area contributed by atoms with Crippen LogP contribution in [0.4, 0.5) is 13.6 Å². The Morgan fingerprint density at radius 3 is 2.57 bits per heavy atom. The van der Waals surface area contributed by atoms with E-state index in [0.717, 1.165) is 23.1 Å². The molecule has 0 atom stereocenters. The predicted octanol–water partition coefficient (Wildman–Crippen LogP) is 4.21. The van der Waals surface area contributed by atoms with E-state index in [1.807, 2.05) is 12.1 Å². The molecule has 0 radical (unpaired) electrons. The van der Waals surface area contributed by atoms with Crippen molar-refractivity contribution < 1.29 is 13.6 Å². The van der Waals surface area contributed by atoms with Crippen molar-refractivity contribution in [3.8, 4) is 0 Å². The highest BCUT2D eigenvalue weighted by Crippen LogP contribution is 2.19. The summed E-state index contributed by atoms with van der Waals surface area (Å²) in [4.78, 5) is 12.7. The van der Waals surface area contributed by atoms with Gasteiger partial charge in [-0.3, -0.25) is 0 Å². The molecule has 0 saturated heterocycles. The average Bonchev–Trinajstić information content (AvgIpc) is 2.54. The standard InChI is InChI=1S/C16H15ClF2N2OS/c17-12-1-4-14(5-2-12)23-8-7-20-16(22)21-10-11-9-13(18)3-6-15(11)19/h1-6,9H,7-8,10H2,(H2,20,21,22). The number of halogens is 3. The van der Waals surface area contributed by atoms with Crippen molar-refractivity contribution in [3.05, 3.63) is 64.7 Å². The maximum Gasteiger partial charge on any atom is 0.315 e. The molecule has 3 nitrogen and oxygen atoms in total. The predicted molar refractivity (Wildman–Crippen MR) is 88.8 cm³/mol. The van der Waals surface area contributed by atoms with Crippen molar-refractivity contribution in [2.75, 3.05) is 12.3 Å². The molecular weight excluding hydrogens is 342 g/mol. The van der Waals surface area contributed by atoms with Gasteiger partial charge >= 0.3 is 6.03 Å². The van der Waals surface area contributed by atoms with E-state index >= 15 is 0 Å². The Morgan fingerprint density at radius 1 is 1.09 bits per heavy atom. The molecular formula is C16H15ClF2N2OS. The number of nitrogens with one attached hydrogen (secondary N) is 2. The summed E-state index contributed by atoms with van der Waals surface area (Å²) in [5.74, 6) is -0.406. The molecule has 2 amide bonds. The lowest BCUT2D eigenvalue weighted by atomic mass is 10.2. The second-order valence-electron chi connectivity index (χ2n) is 4.65. The number of hydrogen-bond acceptors (Lipinski definition) is 2. The van der Waals surface area contributed by atoms with Crippen molar-refractivity contribution in [1.29, 1.82) is 0 Å². The Balaban J connectivity index is 1.67. The summed E-state index contributed by atoms with van der Waals surface area (Å²) >= 11 is 7.38. The maximum absolute atomic E-state index is 13.4. The summed E-state index contributed by atoms with van der Waals surface area (Å²) in [5, 5.41) is 5.82. The molecule has 0 heterocycles. The fraction of sp³-hybridized carbons (Fsp3) is 0.188. The zero-order chi connectivity index (χ0) is 16.7. The lowest BCUT2D eigenvalue weighted by Gasteiger charge is -2.08. The first-order chi connectivity index (χ1) is 11.0. The lowest BCUT2D eigenvalue weighted by molar-refractivity contribution is 0.241. The van der Waals surface area contributed by atoms with E-state index in [2.05, 4.69) is 10.6 Å². The van der Waals surface area contributed by atoms with Gasteiger partial charge in [0.2, 0.25) is 0 Å². The zero-order valence-electron chi connectivity index (χ0n) is 12.1. The van der Waals surface area contributed by atoms with E-state index in [1.54, 1.807) is 23.9 Å². The minimum Gasteiger partial charge on any atom is -0.337 e. The van der Waals surface area contributed by atoms with E-state index in [1.165, 1.54) is 0 Å². The molecule has 0 bridgehead atoms. The van der Waals surface area contributed by atoms with Gasteiger partial charge in [0.1, 0.15) is 11.6 Å². The van der Waals surface area contributed by atoms with Crippen LogP contribution in [0.3, 0.4) is 0 Å². The van der Waals surface area contributed by atoms with Crippen LogP contribution in [-0.2, 0) is 6.54 Å². The first-order valence-electron chi connectivity index (χ1n) is 6.88. The molecule has 122 valence electrons. The third-order valence-electron chi connectivity index (χ3n) is 2.92. The van der Waals surface area contributed by atoms with Gasteiger partial charge in [-0.25, -0.2) is 13.6 Å². The summed E-state index contributed by atoms with van der Waals surface area (Å²) in [6.07, 6.45) is 0.